The smallest absolute Gasteiger partial charge is 1.00 e. The zero-order valence-electron chi connectivity index (χ0n) is 12.4. The first-order valence-electron chi connectivity index (χ1n) is 5.87. The Labute approximate surface area is 168 Å². The summed E-state index contributed by atoms with van der Waals surface area (Å²) in [5.41, 5.74) is 5.12. The first kappa shape index (κ1) is 29.0. The van der Waals surface area contributed by atoms with Gasteiger partial charge < -0.3 is 62.9 Å². The van der Waals surface area contributed by atoms with E-state index in [1.807, 2.05) is 0 Å². The maximum absolute atomic E-state index is 11.7. The molecular weight excluding hydrogens is 564 g/mol. The summed E-state index contributed by atoms with van der Waals surface area (Å²) in [4.78, 5) is 21.8. The van der Waals surface area contributed by atoms with E-state index in [0.29, 0.717) is 0 Å². The van der Waals surface area contributed by atoms with E-state index >= 15 is 0 Å². The predicted molar refractivity (Wildman–Crippen MR) is 76.1 cm³/mol. The number of hydrogen-bond donors (Lipinski definition) is 5. The van der Waals surface area contributed by atoms with Crippen LogP contribution in [0.1, 0.15) is 6.23 Å². The Bertz CT molecular complexity index is 717. The average molecular weight is 581 g/mol. The molecule has 0 bridgehead atoms. The topological polar surface area (TPSA) is 227 Å². The largest absolute Gasteiger partial charge is 4.00 e. The number of rotatable bonds is 2. The van der Waals surface area contributed by atoms with Crippen LogP contribution in [0, 0.1) is 0 Å². The van der Waals surface area contributed by atoms with Gasteiger partial charge in [0.2, 0.25) is 5.95 Å². The second kappa shape index (κ2) is 11.0. The van der Waals surface area contributed by atoms with Crippen molar-refractivity contribution >= 4 is 17.1 Å². The fourth-order valence-corrected chi connectivity index (χ4v) is 2.24. The summed E-state index contributed by atoms with van der Waals surface area (Å²) >= 11 is 0. The third-order valence-corrected chi connectivity index (χ3v) is 3.24. The molecule has 0 aliphatic carbocycles. The molecule has 2 aromatic rings. The number of ether oxygens (including phenoxy) is 1. The van der Waals surface area contributed by atoms with E-state index in [0.717, 1.165) is 0 Å². The van der Waals surface area contributed by atoms with Gasteiger partial charge in [-0.3, -0.25) is 14.3 Å². The van der Waals surface area contributed by atoms with E-state index in [1.165, 1.54) is 10.9 Å². The molecule has 4 unspecified atom stereocenters. The van der Waals surface area contributed by atoms with E-state index in [2.05, 4.69) is 15.0 Å². The molecule has 0 radical (unpaired) electrons. The van der Waals surface area contributed by atoms with Gasteiger partial charge in [0.15, 0.2) is 17.4 Å². The number of nitrogens with two attached hydrogens (primary N) is 3. The van der Waals surface area contributed by atoms with Gasteiger partial charge in [-0.25, -0.2) is 4.98 Å². The van der Waals surface area contributed by atoms with Crippen LogP contribution in [0.25, 0.3) is 23.5 Å². The molecule has 12 nitrogen and oxygen atoms in total. The molecule has 0 spiro atoms. The minimum atomic E-state index is -1.29. The standard InChI is InChI=1S/C10H13N5O5.2ClH.2H2N.Pt/c11-10-13-7-4(8(19)14-10)12-2-15(7)9-6(18)5(17)3(1-16)20-9;;;;;/h2-3,5-6,9,16-18H,1H2,(H3,11,13,14,19);2*1H;2*1H2;/q;;;2*-1;+4/p-2. The average Bonchev–Trinajstić information content (AvgIpc) is 2.93. The molecule has 0 aromatic carbocycles. The normalized spacial score (nSPS) is 24.1. The minimum Gasteiger partial charge on any atom is -1.00 e. The second-order valence-electron chi connectivity index (χ2n) is 4.50. The number of aliphatic hydroxyl groups is 3. The van der Waals surface area contributed by atoms with E-state index < -0.39 is 36.7 Å². The zero-order valence-corrected chi connectivity index (χ0v) is 16.2. The van der Waals surface area contributed by atoms with Crippen molar-refractivity contribution in [2.75, 3.05) is 12.3 Å². The Kier molecular flexibility index (Phi) is 12.8. The van der Waals surface area contributed by atoms with Gasteiger partial charge in [-0.15, -0.1) is 0 Å². The van der Waals surface area contributed by atoms with Gasteiger partial charge in [0.05, 0.1) is 12.9 Å². The fourth-order valence-electron chi connectivity index (χ4n) is 2.24. The Hall–Kier alpha value is -0.822. The molecule has 1 aliphatic heterocycles. The van der Waals surface area contributed by atoms with Crippen molar-refractivity contribution in [3.63, 3.8) is 0 Å². The number of nitrogens with one attached hydrogen (secondary N) is 1. The number of aliphatic hydroxyl groups excluding tert-OH is 3. The van der Waals surface area contributed by atoms with Crippen molar-refractivity contribution in [3.8, 4) is 0 Å². The van der Waals surface area contributed by atoms with Crippen LogP contribution < -0.4 is 36.1 Å². The molecule has 0 saturated carbocycles. The van der Waals surface area contributed by atoms with Gasteiger partial charge in [-0.1, -0.05) is 0 Å². The summed E-state index contributed by atoms with van der Waals surface area (Å²) < 4.78 is 6.64. The number of anilines is 1. The zero-order chi connectivity index (χ0) is 14.4. The quantitative estimate of drug-likeness (QED) is 0.228. The van der Waals surface area contributed by atoms with Gasteiger partial charge in [0.1, 0.15) is 18.3 Å². The summed E-state index contributed by atoms with van der Waals surface area (Å²) in [6.07, 6.45) is -3.21. The number of nitrogen functional groups attached to an aromatic ring is 1. The van der Waals surface area contributed by atoms with Gasteiger partial charge in [-0.2, -0.15) is 4.98 Å². The third-order valence-electron chi connectivity index (χ3n) is 3.24. The van der Waals surface area contributed by atoms with Crippen molar-refractivity contribution in [3.05, 3.63) is 29.0 Å². The number of nitrogens with zero attached hydrogens (tertiary/aromatic N) is 3. The summed E-state index contributed by atoms with van der Waals surface area (Å²) in [7, 11) is 0. The number of aromatic nitrogens is 4. The van der Waals surface area contributed by atoms with E-state index in [9.17, 15) is 15.0 Å². The first-order chi connectivity index (χ1) is 9.52. The van der Waals surface area contributed by atoms with E-state index in [-0.39, 0.29) is 75.3 Å². The summed E-state index contributed by atoms with van der Waals surface area (Å²) in [6.45, 7) is -0.447. The van der Waals surface area contributed by atoms with Crippen LogP contribution in [-0.4, -0.2) is 59.8 Å². The Morgan fingerprint density at radius 1 is 1.28 bits per heavy atom. The molecule has 3 rings (SSSR count). The third kappa shape index (κ3) is 4.88. The first-order valence-corrected chi connectivity index (χ1v) is 5.87. The maximum Gasteiger partial charge on any atom is 4.00 e. The molecule has 1 fully saturated rings. The summed E-state index contributed by atoms with van der Waals surface area (Å²) in [5.74, 6) is -0.101. The van der Waals surface area contributed by atoms with Crippen molar-refractivity contribution in [1.29, 1.82) is 0 Å². The van der Waals surface area contributed by atoms with Crippen LogP contribution in [0.15, 0.2) is 11.1 Å². The molecule has 3 heterocycles. The fraction of sp³-hybridized carbons (Fsp3) is 0.500. The Balaban J connectivity index is -0.000000968. The van der Waals surface area contributed by atoms with Crippen LogP contribution in [-0.2, 0) is 25.8 Å². The molecule has 10 N–H and O–H groups in total. The summed E-state index contributed by atoms with van der Waals surface area (Å²) in [5, 5.41) is 28.7. The number of fused-ring (bicyclic) bond motifs is 1. The van der Waals surface area contributed by atoms with Crippen molar-refractivity contribution < 1.29 is 65.9 Å². The molecule has 0 amide bonds. The van der Waals surface area contributed by atoms with Gasteiger partial charge >= 0.3 is 21.1 Å². The van der Waals surface area contributed by atoms with Crippen molar-refractivity contribution in [1.82, 2.24) is 19.5 Å². The Morgan fingerprint density at radius 3 is 2.40 bits per heavy atom. The van der Waals surface area contributed by atoms with Crippen molar-refractivity contribution in [2.45, 2.75) is 24.5 Å². The van der Waals surface area contributed by atoms with Gasteiger partial charge in [0, 0.05) is 0 Å². The van der Waals surface area contributed by atoms with Crippen LogP contribution in [0.3, 0.4) is 0 Å². The number of aromatic amines is 1. The molecule has 1 aliphatic rings. The minimum absolute atomic E-state index is 0. The monoisotopic (exact) mass is 580 g/mol. The predicted octanol–water partition coefficient (Wildman–Crippen LogP) is -7.25. The van der Waals surface area contributed by atoms with Crippen LogP contribution in [0.5, 0.6) is 0 Å². The number of H-pyrrole nitrogens is 1. The van der Waals surface area contributed by atoms with Crippen LogP contribution in [0.2, 0.25) is 0 Å². The number of halogens is 2. The molecule has 15 heteroatoms. The number of hydrogen-bond acceptors (Lipinski definition) is 8. The van der Waals surface area contributed by atoms with E-state index in [1.54, 1.807) is 0 Å². The number of imidazole rings is 1. The molecule has 146 valence electrons. The molecule has 1 saturated heterocycles. The van der Waals surface area contributed by atoms with Crippen molar-refractivity contribution in [2.24, 2.45) is 0 Å². The molecule has 4 atom stereocenters. The van der Waals surface area contributed by atoms with E-state index in [4.69, 9.17) is 15.6 Å². The SMILES string of the molecule is Nc1nc2c(ncn2C2OC(CO)C(O)C2O)c(=O)[nH]1.[Cl-].[Cl-].[NH2-].[NH2-].[Pt+4]. The molecule has 2 aromatic heterocycles. The van der Waals surface area contributed by atoms with Crippen LogP contribution in [0.4, 0.5) is 5.95 Å². The second-order valence-corrected chi connectivity index (χ2v) is 4.50. The Morgan fingerprint density at radius 2 is 1.88 bits per heavy atom. The summed E-state index contributed by atoms with van der Waals surface area (Å²) in [6, 6.07) is 0. The van der Waals surface area contributed by atoms with Gasteiger partial charge in [-0.05, 0) is 0 Å². The van der Waals surface area contributed by atoms with Gasteiger partial charge in [0.25, 0.3) is 5.56 Å². The van der Waals surface area contributed by atoms with Crippen LogP contribution >= 0.6 is 0 Å². The molecular formula is C10H17Cl2N7O5Pt. The molecule has 25 heavy (non-hydrogen) atoms. The maximum atomic E-state index is 11.7.